The smallest absolute Gasteiger partial charge is 0.193 e. The van der Waals surface area contributed by atoms with E-state index in [0.29, 0.717) is 5.56 Å². The number of hydrogen-bond donors (Lipinski definition) is 1. The molecule has 2 aliphatic rings. The van der Waals surface area contributed by atoms with Gasteiger partial charge in [-0.2, -0.15) is 11.8 Å². The van der Waals surface area contributed by atoms with E-state index in [4.69, 9.17) is 4.74 Å². The normalized spacial score (nSPS) is 21.5. The van der Waals surface area contributed by atoms with Gasteiger partial charge in [-0.25, -0.2) is 8.78 Å². The van der Waals surface area contributed by atoms with Crippen molar-refractivity contribution >= 4 is 17.7 Å². The molecule has 2 saturated heterocycles. The second-order valence-electron chi connectivity index (χ2n) is 8.01. The molecule has 2 heterocycles. The highest BCUT2D eigenvalue weighted by atomic mass is 32.2. The van der Waals surface area contributed by atoms with E-state index in [0.717, 1.165) is 77.2 Å². The van der Waals surface area contributed by atoms with Gasteiger partial charge in [0.05, 0.1) is 0 Å². The van der Waals surface area contributed by atoms with E-state index in [1.54, 1.807) is 6.07 Å². The predicted molar refractivity (Wildman–Crippen MR) is 120 cm³/mol. The van der Waals surface area contributed by atoms with Crippen LogP contribution in [0.5, 0.6) is 0 Å². The molecule has 0 amide bonds. The van der Waals surface area contributed by atoms with Gasteiger partial charge in [0.1, 0.15) is 11.6 Å². The summed E-state index contributed by atoms with van der Waals surface area (Å²) in [6.07, 6.45) is 5.06. The summed E-state index contributed by atoms with van der Waals surface area (Å²) in [5.74, 6) is -0.0607. The quantitative estimate of drug-likeness (QED) is 0.541. The molecule has 1 aromatic carbocycles. The fourth-order valence-corrected chi connectivity index (χ4v) is 5.25. The van der Waals surface area contributed by atoms with Gasteiger partial charge in [0, 0.05) is 75.4 Å². The lowest BCUT2D eigenvalue weighted by Gasteiger charge is -2.41. The molecule has 1 atom stereocenters. The van der Waals surface area contributed by atoms with Crippen LogP contribution in [0.4, 0.5) is 8.78 Å². The van der Waals surface area contributed by atoms with Crippen molar-refractivity contribution in [3.05, 3.63) is 35.4 Å². The Bertz CT molecular complexity index is 719. The molecule has 5 nitrogen and oxygen atoms in total. The van der Waals surface area contributed by atoms with E-state index < -0.39 is 11.6 Å². The number of piperazine rings is 1. The summed E-state index contributed by atoms with van der Waals surface area (Å²) in [5.41, 5.74) is 0.580. The van der Waals surface area contributed by atoms with Gasteiger partial charge in [-0.05, 0) is 31.6 Å². The molecule has 2 aliphatic heterocycles. The maximum atomic E-state index is 14.3. The summed E-state index contributed by atoms with van der Waals surface area (Å²) in [5, 5.41) is 3.59. The minimum absolute atomic E-state index is 0.0373. The highest BCUT2D eigenvalue weighted by molar-refractivity contribution is 8.00. The van der Waals surface area contributed by atoms with Gasteiger partial charge in [0.15, 0.2) is 5.96 Å². The number of benzene rings is 1. The average Bonchev–Trinajstić information content (AvgIpc) is 2.77. The van der Waals surface area contributed by atoms with Crippen LogP contribution in [0.15, 0.2) is 23.2 Å². The Balaban J connectivity index is 1.57. The first-order valence-corrected chi connectivity index (χ1v) is 12.0. The van der Waals surface area contributed by atoms with Crippen LogP contribution in [0.25, 0.3) is 0 Å². The van der Waals surface area contributed by atoms with E-state index in [1.807, 2.05) is 18.8 Å². The molecule has 1 unspecified atom stereocenters. The topological polar surface area (TPSA) is 40.1 Å². The highest BCUT2D eigenvalue weighted by Crippen LogP contribution is 2.33. The summed E-state index contributed by atoms with van der Waals surface area (Å²) >= 11 is 1.91. The third-order valence-electron chi connectivity index (χ3n) is 6.38. The van der Waals surface area contributed by atoms with Gasteiger partial charge < -0.3 is 15.0 Å². The number of aliphatic imine (C=N–C) groups is 1. The summed E-state index contributed by atoms with van der Waals surface area (Å²) in [7, 11) is 1.83. The van der Waals surface area contributed by atoms with Gasteiger partial charge in [-0.1, -0.05) is 13.0 Å². The van der Waals surface area contributed by atoms with Gasteiger partial charge >= 0.3 is 0 Å². The molecular weight excluding hydrogens is 406 g/mol. The molecule has 168 valence electrons. The number of ether oxygens (including phenoxy) is 1. The van der Waals surface area contributed by atoms with Crippen LogP contribution >= 0.6 is 11.8 Å². The largest absolute Gasteiger partial charge is 0.381 e. The number of hydrogen-bond acceptors (Lipinski definition) is 4. The number of thioether (sulfide) groups is 1. The molecule has 0 saturated carbocycles. The Morgan fingerprint density at radius 3 is 2.50 bits per heavy atom. The predicted octanol–water partition coefficient (Wildman–Crippen LogP) is 3.52. The molecule has 0 aromatic heterocycles. The Morgan fingerprint density at radius 2 is 1.93 bits per heavy atom. The van der Waals surface area contributed by atoms with E-state index in [1.165, 1.54) is 6.07 Å². The minimum atomic E-state index is -0.529. The maximum absolute atomic E-state index is 14.3. The van der Waals surface area contributed by atoms with Crippen molar-refractivity contribution in [1.29, 1.82) is 0 Å². The highest BCUT2D eigenvalue weighted by Gasteiger charge is 2.33. The van der Waals surface area contributed by atoms with Crippen molar-refractivity contribution in [3.8, 4) is 0 Å². The van der Waals surface area contributed by atoms with Crippen LogP contribution in [-0.4, -0.2) is 79.7 Å². The van der Waals surface area contributed by atoms with Crippen molar-refractivity contribution in [1.82, 2.24) is 15.1 Å². The van der Waals surface area contributed by atoms with Crippen LogP contribution in [0, 0.1) is 11.6 Å². The Labute approximate surface area is 183 Å². The fraction of sp³-hybridized carbons (Fsp3) is 0.682. The molecule has 0 bridgehead atoms. The molecule has 0 aliphatic carbocycles. The van der Waals surface area contributed by atoms with Crippen molar-refractivity contribution in [3.63, 3.8) is 0 Å². The first-order chi connectivity index (χ1) is 14.5. The van der Waals surface area contributed by atoms with Gasteiger partial charge in [-0.15, -0.1) is 0 Å². The van der Waals surface area contributed by atoms with E-state index in [-0.39, 0.29) is 10.8 Å². The first-order valence-electron chi connectivity index (χ1n) is 10.8. The molecule has 3 rings (SSSR count). The van der Waals surface area contributed by atoms with E-state index in [2.05, 4.69) is 33.3 Å². The lowest BCUT2D eigenvalue weighted by molar-refractivity contribution is 0.0778. The van der Waals surface area contributed by atoms with Crippen LogP contribution in [-0.2, 0) is 4.74 Å². The molecule has 0 radical (unpaired) electrons. The average molecular weight is 441 g/mol. The third kappa shape index (κ3) is 5.45. The molecular formula is C22H34F2N4OS. The maximum Gasteiger partial charge on any atom is 0.193 e. The van der Waals surface area contributed by atoms with E-state index in [9.17, 15) is 8.78 Å². The molecule has 2 fully saturated rings. The van der Waals surface area contributed by atoms with E-state index >= 15 is 0 Å². The Morgan fingerprint density at radius 1 is 1.23 bits per heavy atom. The molecule has 0 spiro atoms. The van der Waals surface area contributed by atoms with Crippen molar-refractivity contribution in [2.24, 2.45) is 4.99 Å². The monoisotopic (exact) mass is 440 g/mol. The lowest BCUT2D eigenvalue weighted by Crippen LogP contribution is -2.55. The van der Waals surface area contributed by atoms with Crippen LogP contribution in [0.2, 0.25) is 0 Å². The summed E-state index contributed by atoms with van der Waals surface area (Å²) < 4.78 is 33.4. The zero-order valence-corrected chi connectivity index (χ0v) is 19.1. The minimum Gasteiger partial charge on any atom is -0.381 e. The SMILES string of the molecule is CCC(c1ccc(F)cc1F)N1CCN(C(=NC)NCC2(SC)CCOCC2)CC1. The van der Waals surface area contributed by atoms with Crippen molar-refractivity contribution in [2.45, 2.75) is 37.0 Å². The number of nitrogens with one attached hydrogen (secondary N) is 1. The fourth-order valence-electron chi connectivity index (χ4n) is 4.46. The summed E-state index contributed by atoms with van der Waals surface area (Å²) in [4.78, 5) is 9.07. The summed E-state index contributed by atoms with van der Waals surface area (Å²) in [6.45, 7) is 7.85. The van der Waals surface area contributed by atoms with Crippen LogP contribution in [0.3, 0.4) is 0 Å². The van der Waals surface area contributed by atoms with Gasteiger partial charge in [-0.3, -0.25) is 9.89 Å². The Kier molecular flexibility index (Phi) is 8.36. The van der Waals surface area contributed by atoms with Gasteiger partial charge in [0.25, 0.3) is 0 Å². The number of guanidine groups is 1. The van der Waals surface area contributed by atoms with Crippen molar-refractivity contribution in [2.75, 3.05) is 59.2 Å². The zero-order chi connectivity index (χ0) is 21.6. The molecule has 30 heavy (non-hydrogen) atoms. The summed E-state index contributed by atoms with van der Waals surface area (Å²) in [6, 6.07) is 3.88. The molecule has 8 heteroatoms. The standard InChI is InChI=1S/C22H34F2N4OS/c1-4-20(18-6-5-17(23)15-19(18)24)27-9-11-28(12-10-27)21(25-2)26-16-22(30-3)7-13-29-14-8-22/h5-6,15,20H,4,7-14,16H2,1-3H3,(H,25,26). The van der Waals surface area contributed by atoms with Gasteiger partial charge in [0.2, 0.25) is 0 Å². The molecule has 1 aromatic rings. The third-order valence-corrected chi connectivity index (χ3v) is 7.80. The number of nitrogens with zero attached hydrogens (tertiary/aromatic N) is 3. The Hall–Kier alpha value is -1.38. The van der Waals surface area contributed by atoms with Crippen molar-refractivity contribution < 1.29 is 13.5 Å². The molecule has 1 N–H and O–H groups in total. The second kappa shape index (κ2) is 10.8. The second-order valence-corrected chi connectivity index (χ2v) is 9.29. The first kappa shape index (κ1) is 23.3. The zero-order valence-electron chi connectivity index (χ0n) is 18.3. The number of halogens is 2. The van der Waals surface area contributed by atoms with Crippen LogP contribution < -0.4 is 5.32 Å². The van der Waals surface area contributed by atoms with Crippen LogP contribution in [0.1, 0.15) is 37.8 Å². The lowest BCUT2D eigenvalue weighted by atomic mass is 9.99. The number of rotatable bonds is 6.